The van der Waals surface area contributed by atoms with Crippen LogP contribution >= 0.6 is 0 Å². The summed E-state index contributed by atoms with van der Waals surface area (Å²) >= 11 is 0. The molecule has 0 unspecified atom stereocenters. The van der Waals surface area contributed by atoms with E-state index in [-0.39, 0.29) is 30.1 Å². The van der Waals surface area contributed by atoms with Gasteiger partial charge in [0.05, 0.1) is 13.0 Å². The van der Waals surface area contributed by atoms with Gasteiger partial charge in [0.15, 0.2) is 11.4 Å². The van der Waals surface area contributed by atoms with Crippen LogP contribution in [0.2, 0.25) is 0 Å². The molecule has 1 heterocycles. The number of esters is 1. The quantitative estimate of drug-likeness (QED) is 0.620. The van der Waals surface area contributed by atoms with E-state index in [9.17, 15) is 14.4 Å². The van der Waals surface area contributed by atoms with Gasteiger partial charge in [0, 0.05) is 5.56 Å². The third kappa shape index (κ3) is 2.90. The molecule has 0 amide bonds. The van der Waals surface area contributed by atoms with Gasteiger partial charge in [0.25, 0.3) is 0 Å². The van der Waals surface area contributed by atoms with E-state index in [4.69, 9.17) is 9.15 Å². The summed E-state index contributed by atoms with van der Waals surface area (Å²) in [5.74, 6) is -0.669. The lowest BCUT2D eigenvalue weighted by atomic mass is 10.1. The fraction of sp³-hybridized carbons (Fsp3) is 0.286. The molecule has 0 radical (unpaired) electrons. The molecule has 0 spiro atoms. The number of benzene rings is 1. The Morgan fingerprint density at radius 1 is 1.35 bits per heavy atom. The van der Waals surface area contributed by atoms with Gasteiger partial charge in [0.2, 0.25) is 0 Å². The molecule has 0 aliphatic rings. The van der Waals surface area contributed by atoms with E-state index in [0.717, 1.165) is 0 Å². The molecule has 0 aliphatic carbocycles. The standard InChI is InChI=1S/C14H13NO5/c1-3-19-13(17)7-11-14(18)20-12-6-9(8(2)16)4-5-10(12)15-11/h4-6H,3,7H2,1-2H3. The Kier molecular flexibility index (Phi) is 3.93. The highest BCUT2D eigenvalue weighted by molar-refractivity contribution is 5.96. The summed E-state index contributed by atoms with van der Waals surface area (Å²) < 4.78 is 9.84. The summed E-state index contributed by atoms with van der Waals surface area (Å²) in [6.07, 6.45) is -0.236. The second-order valence-electron chi connectivity index (χ2n) is 4.17. The first kappa shape index (κ1) is 13.9. The minimum atomic E-state index is -0.703. The van der Waals surface area contributed by atoms with Gasteiger partial charge in [-0.3, -0.25) is 9.59 Å². The Labute approximate surface area is 114 Å². The van der Waals surface area contributed by atoms with Crippen LogP contribution in [0.15, 0.2) is 27.4 Å². The molecular formula is C14H13NO5. The summed E-state index contributed by atoms with van der Waals surface area (Å²) in [7, 11) is 0. The van der Waals surface area contributed by atoms with E-state index >= 15 is 0 Å². The highest BCUT2D eigenvalue weighted by Crippen LogP contribution is 2.13. The third-order valence-corrected chi connectivity index (χ3v) is 2.68. The predicted octanol–water partition coefficient (Wildman–Crippen LogP) is 1.50. The summed E-state index contributed by atoms with van der Waals surface area (Å²) in [6.45, 7) is 3.33. The predicted molar refractivity (Wildman–Crippen MR) is 70.6 cm³/mol. The molecule has 2 rings (SSSR count). The molecule has 6 nitrogen and oxygen atoms in total. The van der Waals surface area contributed by atoms with E-state index < -0.39 is 11.6 Å². The van der Waals surface area contributed by atoms with Gasteiger partial charge in [-0.05, 0) is 32.0 Å². The maximum Gasteiger partial charge on any atom is 0.358 e. The smallest absolute Gasteiger partial charge is 0.358 e. The van der Waals surface area contributed by atoms with Crippen molar-refractivity contribution in [3.63, 3.8) is 0 Å². The number of carbonyl (C=O) groups is 2. The SMILES string of the molecule is CCOC(=O)Cc1nc2ccc(C(C)=O)cc2oc1=O. The lowest BCUT2D eigenvalue weighted by Crippen LogP contribution is -2.17. The zero-order valence-corrected chi connectivity index (χ0v) is 11.1. The minimum absolute atomic E-state index is 0.00785. The molecule has 0 bridgehead atoms. The lowest BCUT2D eigenvalue weighted by Gasteiger charge is -2.03. The van der Waals surface area contributed by atoms with Crippen LogP contribution in [-0.4, -0.2) is 23.3 Å². The average Bonchev–Trinajstić information content (AvgIpc) is 2.39. The van der Waals surface area contributed by atoms with E-state index in [1.165, 1.54) is 13.0 Å². The van der Waals surface area contributed by atoms with Crippen molar-refractivity contribution < 1.29 is 18.7 Å². The molecular weight excluding hydrogens is 262 g/mol. The molecule has 0 saturated carbocycles. The van der Waals surface area contributed by atoms with Crippen LogP contribution < -0.4 is 5.63 Å². The van der Waals surface area contributed by atoms with Gasteiger partial charge in [-0.2, -0.15) is 0 Å². The minimum Gasteiger partial charge on any atom is -0.466 e. The van der Waals surface area contributed by atoms with Crippen LogP contribution in [0.5, 0.6) is 0 Å². The molecule has 0 fully saturated rings. The fourth-order valence-electron chi connectivity index (χ4n) is 1.72. The molecule has 0 atom stereocenters. The lowest BCUT2D eigenvalue weighted by molar-refractivity contribution is -0.142. The second kappa shape index (κ2) is 5.64. The van der Waals surface area contributed by atoms with E-state index in [1.54, 1.807) is 19.1 Å². The number of Topliss-reactive ketones (excluding diaryl/α,β-unsaturated/α-hetero) is 1. The fourth-order valence-corrected chi connectivity index (χ4v) is 1.72. The van der Waals surface area contributed by atoms with Gasteiger partial charge in [-0.25, -0.2) is 9.78 Å². The maximum absolute atomic E-state index is 11.7. The van der Waals surface area contributed by atoms with Crippen LogP contribution in [0.3, 0.4) is 0 Å². The molecule has 20 heavy (non-hydrogen) atoms. The first-order valence-electron chi connectivity index (χ1n) is 6.11. The van der Waals surface area contributed by atoms with Crippen molar-refractivity contribution in [2.75, 3.05) is 6.61 Å². The van der Waals surface area contributed by atoms with E-state index in [1.807, 2.05) is 0 Å². The summed E-state index contributed by atoms with van der Waals surface area (Å²) in [4.78, 5) is 38.4. The van der Waals surface area contributed by atoms with Crippen molar-refractivity contribution in [3.05, 3.63) is 39.9 Å². The Balaban J connectivity index is 2.43. The number of hydrogen-bond acceptors (Lipinski definition) is 6. The monoisotopic (exact) mass is 275 g/mol. The number of ether oxygens (including phenoxy) is 1. The van der Waals surface area contributed by atoms with Crippen molar-refractivity contribution in [2.45, 2.75) is 20.3 Å². The van der Waals surface area contributed by atoms with Crippen molar-refractivity contribution in [3.8, 4) is 0 Å². The number of rotatable bonds is 4. The molecule has 0 N–H and O–H groups in total. The third-order valence-electron chi connectivity index (χ3n) is 2.68. The number of ketones is 1. The molecule has 0 saturated heterocycles. The highest BCUT2D eigenvalue weighted by atomic mass is 16.5. The van der Waals surface area contributed by atoms with Crippen molar-refractivity contribution in [1.29, 1.82) is 0 Å². The van der Waals surface area contributed by atoms with Crippen molar-refractivity contribution >= 4 is 22.9 Å². The molecule has 6 heteroatoms. The van der Waals surface area contributed by atoms with Gasteiger partial charge in [-0.1, -0.05) is 0 Å². The van der Waals surface area contributed by atoms with Crippen LogP contribution in [0.25, 0.3) is 11.1 Å². The molecule has 1 aromatic carbocycles. The normalized spacial score (nSPS) is 10.5. The zero-order chi connectivity index (χ0) is 14.7. The number of carbonyl (C=O) groups excluding carboxylic acids is 2. The number of nitrogens with zero attached hydrogens (tertiary/aromatic N) is 1. The van der Waals surface area contributed by atoms with Crippen molar-refractivity contribution in [1.82, 2.24) is 4.98 Å². The Morgan fingerprint density at radius 3 is 2.75 bits per heavy atom. The highest BCUT2D eigenvalue weighted by Gasteiger charge is 2.13. The molecule has 1 aromatic heterocycles. The largest absolute Gasteiger partial charge is 0.466 e. The molecule has 2 aromatic rings. The first-order valence-corrected chi connectivity index (χ1v) is 6.11. The van der Waals surface area contributed by atoms with Gasteiger partial charge < -0.3 is 9.15 Å². The second-order valence-corrected chi connectivity index (χ2v) is 4.17. The van der Waals surface area contributed by atoms with Crippen molar-refractivity contribution in [2.24, 2.45) is 0 Å². The Hall–Kier alpha value is -2.50. The average molecular weight is 275 g/mol. The number of fused-ring (bicyclic) bond motifs is 1. The summed E-state index contributed by atoms with van der Waals surface area (Å²) in [5.41, 5.74) is 0.350. The topological polar surface area (TPSA) is 86.5 Å². The van der Waals surface area contributed by atoms with E-state index in [2.05, 4.69) is 4.98 Å². The zero-order valence-electron chi connectivity index (χ0n) is 11.1. The van der Waals surface area contributed by atoms with Crippen LogP contribution in [0, 0.1) is 0 Å². The maximum atomic E-state index is 11.7. The van der Waals surface area contributed by atoms with E-state index in [0.29, 0.717) is 11.1 Å². The molecule has 104 valence electrons. The van der Waals surface area contributed by atoms with Crippen LogP contribution in [0.1, 0.15) is 29.9 Å². The summed E-state index contributed by atoms with van der Waals surface area (Å²) in [6, 6.07) is 4.62. The first-order chi connectivity index (χ1) is 9.51. The molecule has 0 aliphatic heterocycles. The van der Waals surface area contributed by atoms with Gasteiger partial charge in [-0.15, -0.1) is 0 Å². The van der Waals surface area contributed by atoms with Gasteiger partial charge in [0.1, 0.15) is 11.2 Å². The number of hydrogen-bond donors (Lipinski definition) is 0. The number of aromatic nitrogens is 1. The van der Waals surface area contributed by atoms with Crippen LogP contribution in [0.4, 0.5) is 0 Å². The summed E-state index contributed by atoms with van der Waals surface area (Å²) in [5, 5.41) is 0. The van der Waals surface area contributed by atoms with Gasteiger partial charge >= 0.3 is 11.6 Å². The van der Waals surface area contributed by atoms with Crippen LogP contribution in [-0.2, 0) is 16.0 Å². The Morgan fingerprint density at radius 2 is 2.10 bits per heavy atom. The Bertz CT molecular complexity index is 732.